The number of aromatic nitrogens is 4. The van der Waals surface area contributed by atoms with Gasteiger partial charge in [0.1, 0.15) is 11.5 Å². The van der Waals surface area contributed by atoms with E-state index in [4.69, 9.17) is 5.73 Å². The zero-order valence-corrected chi connectivity index (χ0v) is 13.1. The molecule has 0 bridgehead atoms. The highest BCUT2D eigenvalue weighted by Crippen LogP contribution is 2.19. The summed E-state index contributed by atoms with van der Waals surface area (Å²) in [6.45, 7) is 2.35. The van der Waals surface area contributed by atoms with Crippen molar-refractivity contribution in [3.8, 4) is 5.69 Å². The highest BCUT2D eigenvalue weighted by Gasteiger charge is 2.11. The predicted octanol–water partition coefficient (Wildman–Crippen LogP) is 1.96. The van der Waals surface area contributed by atoms with Crippen molar-refractivity contribution in [3.05, 3.63) is 29.8 Å². The summed E-state index contributed by atoms with van der Waals surface area (Å²) in [6.07, 6.45) is 4.23. The molecule has 0 aliphatic carbocycles. The van der Waals surface area contributed by atoms with E-state index in [-0.39, 0.29) is 11.6 Å². The number of carbonyl (C=O) groups is 1. The van der Waals surface area contributed by atoms with E-state index in [9.17, 15) is 9.18 Å². The predicted molar refractivity (Wildman–Crippen MR) is 84.6 cm³/mol. The van der Waals surface area contributed by atoms with E-state index in [1.54, 1.807) is 6.92 Å². The SMILES string of the molecule is Cc1nnnn1-c1cc(NC(=O)CCCCCCN)ccc1F. The average molecular weight is 320 g/mol. The summed E-state index contributed by atoms with van der Waals surface area (Å²) in [4.78, 5) is 11.9. The van der Waals surface area contributed by atoms with Crippen LogP contribution in [-0.2, 0) is 4.79 Å². The van der Waals surface area contributed by atoms with Gasteiger partial charge in [-0.05, 0) is 54.9 Å². The van der Waals surface area contributed by atoms with Gasteiger partial charge in [0.05, 0.1) is 0 Å². The summed E-state index contributed by atoms with van der Waals surface area (Å²) < 4.78 is 15.2. The van der Waals surface area contributed by atoms with Gasteiger partial charge in [-0.1, -0.05) is 12.8 Å². The molecule has 1 amide bonds. The maximum Gasteiger partial charge on any atom is 0.224 e. The van der Waals surface area contributed by atoms with E-state index in [1.807, 2.05) is 0 Å². The first-order chi connectivity index (χ1) is 11.1. The molecule has 8 heteroatoms. The van der Waals surface area contributed by atoms with Crippen molar-refractivity contribution in [2.24, 2.45) is 5.73 Å². The number of benzene rings is 1. The number of tetrazole rings is 1. The van der Waals surface area contributed by atoms with Gasteiger partial charge >= 0.3 is 0 Å². The summed E-state index contributed by atoms with van der Waals surface area (Å²) in [5.41, 5.74) is 6.14. The number of rotatable bonds is 8. The standard InChI is InChI=1S/C15H21FN6O/c1-11-19-20-21-22(11)14-10-12(7-8-13(14)16)18-15(23)6-4-2-3-5-9-17/h7-8,10H,2-6,9,17H2,1H3,(H,18,23). The number of anilines is 1. The molecule has 0 saturated heterocycles. The van der Waals surface area contributed by atoms with E-state index in [0.717, 1.165) is 25.7 Å². The molecule has 3 N–H and O–H groups in total. The normalized spacial score (nSPS) is 10.7. The maximum atomic E-state index is 13.9. The Hall–Kier alpha value is -2.35. The Balaban J connectivity index is 1.96. The number of aryl methyl sites for hydroxylation is 1. The van der Waals surface area contributed by atoms with Crippen molar-refractivity contribution in [1.29, 1.82) is 0 Å². The number of hydrogen-bond acceptors (Lipinski definition) is 5. The smallest absolute Gasteiger partial charge is 0.224 e. The van der Waals surface area contributed by atoms with Gasteiger partial charge in [-0.3, -0.25) is 4.79 Å². The molecule has 0 saturated carbocycles. The third-order valence-electron chi connectivity index (χ3n) is 3.44. The first kappa shape index (κ1) is 17.0. The molecule has 1 aromatic heterocycles. The van der Waals surface area contributed by atoms with Crippen LogP contribution in [0.25, 0.3) is 5.69 Å². The lowest BCUT2D eigenvalue weighted by molar-refractivity contribution is -0.116. The molecule has 124 valence electrons. The van der Waals surface area contributed by atoms with Crippen LogP contribution < -0.4 is 11.1 Å². The zero-order chi connectivity index (χ0) is 16.7. The van der Waals surface area contributed by atoms with E-state index in [0.29, 0.717) is 24.5 Å². The molecule has 0 radical (unpaired) electrons. The maximum absolute atomic E-state index is 13.9. The second kappa shape index (κ2) is 8.33. The lowest BCUT2D eigenvalue weighted by Crippen LogP contribution is -2.12. The van der Waals surface area contributed by atoms with Gasteiger partial charge in [-0.2, -0.15) is 4.68 Å². The summed E-state index contributed by atoms with van der Waals surface area (Å²) in [5.74, 6) is -0.0868. The second-order valence-electron chi connectivity index (χ2n) is 5.31. The van der Waals surface area contributed by atoms with E-state index < -0.39 is 5.82 Å². The largest absolute Gasteiger partial charge is 0.330 e. The quantitative estimate of drug-likeness (QED) is 0.724. The first-order valence-electron chi connectivity index (χ1n) is 7.66. The first-order valence-corrected chi connectivity index (χ1v) is 7.66. The number of nitrogens with zero attached hydrogens (tertiary/aromatic N) is 4. The van der Waals surface area contributed by atoms with Crippen LogP contribution in [0.1, 0.15) is 37.9 Å². The molecule has 2 aromatic rings. The Morgan fingerprint density at radius 2 is 2.09 bits per heavy atom. The van der Waals surface area contributed by atoms with Gasteiger partial charge < -0.3 is 11.1 Å². The van der Waals surface area contributed by atoms with E-state index in [1.165, 1.54) is 22.9 Å². The molecular formula is C15H21FN6O. The molecule has 0 fully saturated rings. The molecule has 0 spiro atoms. The Morgan fingerprint density at radius 1 is 1.30 bits per heavy atom. The monoisotopic (exact) mass is 320 g/mol. The topological polar surface area (TPSA) is 98.7 Å². The summed E-state index contributed by atoms with van der Waals surface area (Å²) in [7, 11) is 0. The number of amides is 1. The van der Waals surface area contributed by atoms with Gasteiger partial charge in [0.2, 0.25) is 5.91 Å². The molecule has 2 rings (SSSR count). The van der Waals surface area contributed by atoms with E-state index in [2.05, 4.69) is 20.8 Å². The highest BCUT2D eigenvalue weighted by atomic mass is 19.1. The van der Waals surface area contributed by atoms with Crippen molar-refractivity contribution in [3.63, 3.8) is 0 Å². The fourth-order valence-electron chi connectivity index (χ4n) is 2.21. The second-order valence-corrected chi connectivity index (χ2v) is 5.31. The average Bonchev–Trinajstić information content (AvgIpc) is 2.95. The van der Waals surface area contributed by atoms with Crippen LogP contribution in [0, 0.1) is 12.7 Å². The van der Waals surface area contributed by atoms with Crippen molar-refractivity contribution in [2.75, 3.05) is 11.9 Å². The molecule has 7 nitrogen and oxygen atoms in total. The zero-order valence-electron chi connectivity index (χ0n) is 13.1. The number of unbranched alkanes of at least 4 members (excludes halogenated alkanes) is 3. The van der Waals surface area contributed by atoms with Crippen LogP contribution in [-0.4, -0.2) is 32.7 Å². The minimum absolute atomic E-state index is 0.0938. The summed E-state index contributed by atoms with van der Waals surface area (Å²) in [5, 5.41) is 13.7. The molecule has 0 unspecified atom stereocenters. The van der Waals surface area contributed by atoms with Crippen molar-refractivity contribution < 1.29 is 9.18 Å². The van der Waals surface area contributed by atoms with Crippen LogP contribution in [0.5, 0.6) is 0 Å². The number of carbonyl (C=O) groups excluding carboxylic acids is 1. The minimum atomic E-state index is -0.458. The van der Waals surface area contributed by atoms with Gasteiger partial charge in [0, 0.05) is 12.1 Å². The van der Waals surface area contributed by atoms with Crippen molar-refractivity contribution in [2.45, 2.75) is 39.0 Å². The Kier molecular flexibility index (Phi) is 6.16. The third kappa shape index (κ3) is 4.82. The summed E-state index contributed by atoms with van der Waals surface area (Å²) in [6, 6.07) is 4.32. The molecule has 1 heterocycles. The molecular weight excluding hydrogens is 299 g/mol. The van der Waals surface area contributed by atoms with Crippen molar-refractivity contribution in [1.82, 2.24) is 20.2 Å². The van der Waals surface area contributed by atoms with Crippen LogP contribution in [0.2, 0.25) is 0 Å². The Labute approximate surface area is 134 Å². The third-order valence-corrected chi connectivity index (χ3v) is 3.44. The number of halogens is 1. The van der Waals surface area contributed by atoms with Crippen molar-refractivity contribution >= 4 is 11.6 Å². The summed E-state index contributed by atoms with van der Waals surface area (Å²) >= 11 is 0. The van der Waals surface area contributed by atoms with Gasteiger partial charge in [-0.15, -0.1) is 5.10 Å². The number of hydrogen-bond donors (Lipinski definition) is 2. The fourth-order valence-corrected chi connectivity index (χ4v) is 2.21. The van der Waals surface area contributed by atoms with Crippen LogP contribution >= 0.6 is 0 Å². The van der Waals surface area contributed by atoms with Crippen LogP contribution in [0.4, 0.5) is 10.1 Å². The molecule has 23 heavy (non-hydrogen) atoms. The van der Waals surface area contributed by atoms with Gasteiger partial charge in [0.15, 0.2) is 5.82 Å². The van der Waals surface area contributed by atoms with Crippen LogP contribution in [0.3, 0.4) is 0 Å². The molecule has 0 atom stereocenters. The molecule has 0 aliphatic rings. The lowest BCUT2D eigenvalue weighted by Gasteiger charge is -2.09. The fraction of sp³-hybridized carbons (Fsp3) is 0.467. The molecule has 1 aromatic carbocycles. The number of nitrogens with two attached hydrogens (primary N) is 1. The highest BCUT2D eigenvalue weighted by molar-refractivity contribution is 5.90. The van der Waals surface area contributed by atoms with Crippen LogP contribution in [0.15, 0.2) is 18.2 Å². The molecule has 0 aliphatic heterocycles. The number of nitrogens with one attached hydrogen (secondary N) is 1. The van der Waals surface area contributed by atoms with Gasteiger partial charge in [0.25, 0.3) is 0 Å². The van der Waals surface area contributed by atoms with Gasteiger partial charge in [-0.25, -0.2) is 4.39 Å². The van der Waals surface area contributed by atoms with E-state index >= 15 is 0 Å². The Morgan fingerprint density at radius 3 is 2.78 bits per heavy atom. The lowest BCUT2D eigenvalue weighted by atomic mass is 10.1. The minimum Gasteiger partial charge on any atom is -0.330 e. The Bertz CT molecular complexity index is 657.